The van der Waals surface area contributed by atoms with Crippen molar-refractivity contribution in [3.8, 4) is 0 Å². The number of hydrogen-bond acceptors (Lipinski definition) is 5. The van der Waals surface area contributed by atoms with E-state index in [2.05, 4.69) is 31.2 Å². The van der Waals surface area contributed by atoms with Crippen LogP contribution in [0.5, 0.6) is 0 Å². The lowest BCUT2D eigenvalue weighted by Gasteiger charge is -2.16. The third-order valence-corrected chi connectivity index (χ3v) is 3.88. The van der Waals surface area contributed by atoms with Gasteiger partial charge in [-0.2, -0.15) is 0 Å². The Kier molecular flexibility index (Phi) is 4.49. The molecule has 0 saturated carbocycles. The molecule has 0 saturated heterocycles. The predicted octanol–water partition coefficient (Wildman–Crippen LogP) is 3.56. The maximum absolute atomic E-state index is 11.2. The Bertz CT molecular complexity index is 574. The Labute approximate surface area is 122 Å². The number of carboxylic acids is 1. The van der Waals surface area contributed by atoms with Crippen molar-refractivity contribution in [2.45, 2.75) is 19.4 Å². The van der Waals surface area contributed by atoms with E-state index < -0.39 is 5.97 Å². The van der Waals surface area contributed by atoms with E-state index in [0.29, 0.717) is 10.3 Å². The number of thiazole rings is 1. The van der Waals surface area contributed by atoms with Crippen molar-refractivity contribution >= 4 is 39.1 Å². The molecule has 0 amide bonds. The van der Waals surface area contributed by atoms with Crippen molar-refractivity contribution in [3.63, 3.8) is 0 Å². The summed E-state index contributed by atoms with van der Waals surface area (Å²) in [4.78, 5) is 19.6. The van der Waals surface area contributed by atoms with Gasteiger partial charge in [0.1, 0.15) is 16.4 Å². The van der Waals surface area contributed by atoms with Gasteiger partial charge in [-0.25, -0.2) is 14.8 Å². The summed E-state index contributed by atoms with van der Waals surface area (Å²) in [5.41, 5.74) is 0.143. The Morgan fingerprint density at radius 3 is 2.95 bits per heavy atom. The van der Waals surface area contributed by atoms with Gasteiger partial charge in [0.2, 0.25) is 0 Å². The minimum Gasteiger partial charge on any atom is -0.478 e. The van der Waals surface area contributed by atoms with Crippen molar-refractivity contribution in [1.82, 2.24) is 9.97 Å². The molecule has 0 aliphatic carbocycles. The van der Waals surface area contributed by atoms with Gasteiger partial charge in [-0.1, -0.05) is 6.92 Å². The fraction of sp³-hybridized carbons (Fsp3) is 0.250. The normalized spacial score (nSPS) is 12.1. The number of nitrogens with one attached hydrogen (secondary N) is 1. The van der Waals surface area contributed by atoms with E-state index in [9.17, 15) is 9.90 Å². The SMILES string of the molecule is CCC(Nc1ncc(Br)cc1C(=O)O)c1nccs1. The highest BCUT2D eigenvalue weighted by molar-refractivity contribution is 9.10. The lowest BCUT2D eigenvalue weighted by molar-refractivity contribution is 0.0697. The maximum atomic E-state index is 11.2. The van der Waals surface area contributed by atoms with Gasteiger partial charge in [-0.15, -0.1) is 11.3 Å². The number of hydrogen-bond donors (Lipinski definition) is 2. The van der Waals surface area contributed by atoms with Crippen LogP contribution in [0.3, 0.4) is 0 Å². The van der Waals surface area contributed by atoms with Crippen LogP contribution in [-0.4, -0.2) is 21.0 Å². The first-order valence-electron chi connectivity index (χ1n) is 5.66. The largest absolute Gasteiger partial charge is 0.478 e. The van der Waals surface area contributed by atoms with Crippen LogP contribution < -0.4 is 5.32 Å². The summed E-state index contributed by atoms with van der Waals surface area (Å²) in [5, 5.41) is 15.2. The van der Waals surface area contributed by atoms with Crippen LogP contribution in [0.4, 0.5) is 5.82 Å². The molecule has 2 N–H and O–H groups in total. The molecule has 5 nitrogen and oxygen atoms in total. The van der Waals surface area contributed by atoms with E-state index in [1.54, 1.807) is 12.4 Å². The number of aromatic nitrogens is 2. The lowest BCUT2D eigenvalue weighted by Crippen LogP contribution is -2.14. The molecule has 2 rings (SSSR count). The number of anilines is 1. The molecule has 0 spiro atoms. The molecule has 1 unspecified atom stereocenters. The summed E-state index contributed by atoms with van der Waals surface area (Å²) in [5.74, 6) is -0.650. The second-order valence-electron chi connectivity index (χ2n) is 3.83. The number of aromatic carboxylic acids is 1. The molecular weight excluding hydrogens is 330 g/mol. The van der Waals surface area contributed by atoms with Crippen molar-refractivity contribution in [3.05, 3.63) is 38.9 Å². The average Bonchev–Trinajstić information content (AvgIpc) is 2.90. The second kappa shape index (κ2) is 6.12. The zero-order valence-corrected chi connectivity index (χ0v) is 12.5. The number of halogens is 1. The highest BCUT2D eigenvalue weighted by Gasteiger charge is 2.17. The minimum atomic E-state index is -1.01. The quantitative estimate of drug-likeness (QED) is 0.869. The van der Waals surface area contributed by atoms with E-state index >= 15 is 0 Å². The number of pyridine rings is 1. The van der Waals surface area contributed by atoms with Gasteiger partial charge in [0, 0.05) is 22.2 Å². The van der Waals surface area contributed by atoms with Crippen LogP contribution in [0.2, 0.25) is 0 Å². The van der Waals surface area contributed by atoms with E-state index in [1.165, 1.54) is 17.4 Å². The minimum absolute atomic E-state index is 0.0354. The Hall–Kier alpha value is -1.47. The molecule has 1 atom stereocenters. The molecule has 0 aromatic carbocycles. The van der Waals surface area contributed by atoms with Crippen LogP contribution >= 0.6 is 27.3 Å². The number of carbonyl (C=O) groups is 1. The van der Waals surface area contributed by atoms with Crippen LogP contribution in [-0.2, 0) is 0 Å². The van der Waals surface area contributed by atoms with E-state index in [0.717, 1.165) is 11.4 Å². The predicted molar refractivity (Wildman–Crippen MR) is 77.7 cm³/mol. The van der Waals surface area contributed by atoms with Crippen LogP contribution in [0.25, 0.3) is 0 Å². The zero-order valence-electron chi connectivity index (χ0n) is 10.1. The molecule has 2 aromatic heterocycles. The first kappa shape index (κ1) is 14.0. The third-order valence-electron chi connectivity index (χ3n) is 2.55. The van der Waals surface area contributed by atoms with Gasteiger partial charge >= 0.3 is 5.97 Å². The molecular formula is C12H12BrN3O2S. The second-order valence-corrected chi connectivity index (χ2v) is 5.67. The first-order chi connectivity index (χ1) is 9.11. The molecule has 0 fully saturated rings. The Morgan fingerprint density at radius 1 is 1.58 bits per heavy atom. The van der Waals surface area contributed by atoms with E-state index in [1.807, 2.05) is 12.3 Å². The molecule has 0 aliphatic rings. The molecule has 0 radical (unpaired) electrons. The number of nitrogens with zero attached hydrogens (tertiary/aromatic N) is 2. The average molecular weight is 342 g/mol. The highest BCUT2D eigenvalue weighted by Crippen LogP contribution is 2.26. The van der Waals surface area contributed by atoms with Crippen molar-refractivity contribution < 1.29 is 9.90 Å². The Morgan fingerprint density at radius 2 is 2.37 bits per heavy atom. The van der Waals surface area contributed by atoms with Crippen LogP contribution in [0.15, 0.2) is 28.3 Å². The van der Waals surface area contributed by atoms with Gasteiger partial charge < -0.3 is 10.4 Å². The summed E-state index contributed by atoms with van der Waals surface area (Å²) >= 11 is 4.76. The maximum Gasteiger partial charge on any atom is 0.339 e. The van der Waals surface area contributed by atoms with Crippen molar-refractivity contribution in [2.75, 3.05) is 5.32 Å². The topological polar surface area (TPSA) is 75.1 Å². The summed E-state index contributed by atoms with van der Waals surface area (Å²) in [6.45, 7) is 2.01. The standard InChI is InChI=1S/C12H12BrN3O2S/c1-2-9(11-14-3-4-19-11)16-10-8(12(17)18)5-7(13)6-15-10/h3-6,9H,2H2,1H3,(H,15,16)(H,17,18). The molecule has 2 heterocycles. The van der Waals surface area contributed by atoms with E-state index in [-0.39, 0.29) is 11.6 Å². The zero-order chi connectivity index (χ0) is 13.8. The van der Waals surface area contributed by atoms with Gasteiger partial charge in [0.15, 0.2) is 0 Å². The van der Waals surface area contributed by atoms with Crippen molar-refractivity contribution in [1.29, 1.82) is 0 Å². The van der Waals surface area contributed by atoms with Gasteiger partial charge in [0.05, 0.1) is 6.04 Å². The molecule has 7 heteroatoms. The van der Waals surface area contributed by atoms with Crippen molar-refractivity contribution in [2.24, 2.45) is 0 Å². The molecule has 0 aliphatic heterocycles. The van der Waals surface area contributed by atoms with Gasteiger partial charge in [-0.3, -0.25) is 0 Å². The summed E-state index contributed by atoms with van der Waals surface area (Å²) in [7, 11) is 0. The molecule has 100 valence electrons. The van der Waals surface area contributed by atoms with E-state index in [4.69, 9.17) is 0 Å². The summed E-state index contributed by atoms with van der Waals surface area (Å²) < 4.78 is 0.637. The molecule has 2 aromatic rings. The molecule has 0 bridgehead atoms. The first-order valence-corrected chi connectivity index (χ1v) is 7.33. The summed E-state index contributed by atoms with van der Waals surface area (Å²) in [6, 6.07) is 1.50. The smallest absolute Gasteiger partial charge is 0.339 e. The highest BCUT2D eigenvalue weighted by atomic mass is 79.9. The van der Waals surface area contributed by atoms with Crippen LogP contribution in [0.1, 0.15) is 34.8 Å². The monoisotopic (exact) mass is 341 g/mol. The Balaban J connectivity index is 2.29. The summed E-state index contributed by atoms with van der Waals surface area (Å²) in [6.07, 6.45) is 4.10. The molecule has 19 heavy (non-hydrogen) atoms. The number of rotatable bonds is 5. The number of carboxylic acid groups (broad SMARTS) is 1. The van der Waals surface area contributed by atoms with Gasteiger partial charge in [-0.05, 0) is 28.4 Å². The fourth-order valence-corrected chi connectivity index (χ4v) is 2.73. The third kappa shape index (κ3) is 3.30. The fourth-order valence-electron chi connectivity index (χ4n) is 1.63. The lowest BCUT2D eigenvalue weighted by atomic mass is 10.2. The van der Waals surface area contributed by atoms with Crippen LogP contribution in [0, 0.1) is 0 Å². The van der Waals surface area contributed by atoms with Gasteiger partial charge in [0.25, 0.3) is 0 Å².